The number of thioether (sulfide) groups is 1. The van der Waals surface area contributed by atoms with Gasteiger partial charge in [0, 0.05) is 24.5 Å². The Bertz CT molecular complexity index is 896. The predicted octanol–water partition coefficient (Wildman–Crippen LogP) is 3.64. The summed E-state index contributed by atoms with van der Waals surface area (Å²) in [5, 5.41) is 12.2. The van der Waals surface area contributed by atoms with Gasteiger partial charge >= 0.3 is 0 Å². The van der Waals surface area contributed by atoms with E-state index in [1.165, 1.54) is 11.8 Å². The van der Waals surface area contributed by atoms with Crippen molar-refractivity contribution in [3.8, 4) is 11.4 Å². The van der Waals surface area contributed by atoms with Crippen molar-refractivity contribution < 1.29 is 4.79 Å². The monoisotopic (exact) mass is 395 g/mol. The number of carbonyl (C=O) groups excluding carboxylic acids is 1. The number of carbonyl (C=O) groups is 1. The molecule has 3 aromatic rings. The molecular formula is C21H25N5OS. The molecule has 0 aliphatic carbocycles. The Morgan fingerprint density at radius 2 is 1.89 bits per heavy atom. The summed E-state index contributed by atoms with van der Waals surface area (Å²) in [4.78, 5) is 16.6. The van der Waals surface area contributed by atoms with Crippen LogP contribution in [0.15, 0.2) is 60.0 Å². The number of benzene rings is 1. The molecule has 1 N–H and O–H groups in total. The lowest BCUT2D eigenvalue weighted by atomic mass is 10.2. The number of nitrogens with one attached hydrogen (secondary N) is 1. The first-order valence-electron chi connectivity index (χ1n) is 9.36. The molecule has 0 unspecified atom stereocenters. The maximum absolute atomic E-state index is 12.4. The van der Waals surface area contributed by atoms with Gasteiger partial charge in [0.25, 0.3) is 0 Å². The van der Waals surface area contributed by atoms with Gasteiger partial charge in [-0.15, -0.1) is 10.2 Å². The Morgan fingerprint density at radius 3 is 2.57 bits per heavy atom. The van der Waals surface area contributed by atoms with Crippen LogP contribution in [0.4, 0.5) is 0 Å². The van der Waals surface area contributed by atoms with Crippen LogP contribution in [-0.4, -0.2) is 37.5 Å². The van der Waals surface area contributed by atoms with Gasteiger partial charge in [-0.25, -0.2) is 0 Å². The van der Waals surface area contributed by atoms with Gasteiger partial charge in [0.05, 0.1) is 11.8 Å². The second-order valence-corrected chi connectivity index (χ2v) is 8.33. The minimum absolute atomic E-state index is 0.0101. The molecule has 0 saturated heterocycles. The first kappa shape index (κ1) is 20.1. The van der Waals surface area contributed by atoms with Crippen molar-refractivity contribution in [2.75, 3.05) is 6.54 Å². The van der Waals surface area contributed by atoms with Crippen LogP contribution < -0.4 is 5.32 Å². The van der Waals surface area contributed by atoms with E-state index in [2.05, 4.69) is 46.5 Å². The lowest BCUT2D eigenvalue weighted by Gasteiger charge is -2.14. The molecule has 1 atom stereocenters. The molecule has 0 spiro atoms. The highest BCUT2D eigenvalue weighted by Crippen LogP contribution is 2.27. The Kier molecular flexibility index (Phi) is 6.81. The number of amides is 1. The highest BCUT2D eigenvalue weighted by atomic mass is 32.2. The van der Waals surface area contributed by atoms with Crippen LogP contribution in [0.25, 0.3) is 11.4 Å². The lowest BCUT2D eigenvalue weighted by molar-refractivity contribution is -0.120. The van der Waals surface area contributed by atoms with Crippen LogP contribution in [0, 0.1) is 5.92 Å². The van der Waals surface area contributed by atoms with Gasteiger partial charge in [-0.3, -0.25) is 14.3 Å². The smallest absolute Gasteiger partial charge is 0.233 e. The van der Waals surface area contributed by atoms with E-state index in [-0.39, 0.29) is 11.2 Å². The highest BCUT2D eigenvalue weighted by molar-refractivity contribution is 8.00. The zero-order valence-corrected chi connectivity index (χ0v) is 17.2. The average Bonchev–Trinajstić information content (AvgIpc) is 3.09. The third-order valence-electron chi connectivity index (χ3n) is 4.16. The Labute approximate surface area is 169 Å². The summed E-state index contributed by atoms with van der Waals surface area (Å²) >= 11 is 1.42. The molecule has 3 rings (SSSR count). The molecule has 0 radical (unpaired) electrons. The van der Waals surface area contributed by atoms with Gasteiger partial charge < -0.3 is 5.32 Å². The molecule has 0 aliphatic rings. The van der Waals surface area contributed by atoms with Crippen LogP contribution in [0.1, 0.15) is 26.3 Å². The SMILES string of the molecule is CC(C)CNC(=O)[C@@H](C)Sc1nnc(-c2cccnc2)n1Cc1ccccc1. The third-order valence-corrected chi connectivity index (χ3v) is 5.24. The topological polar surface area (TPSA) is 72.7 Å². The van der Waals surface area contributed by atoms with E-state index in [0.717, 1.165) is 22.1 Å². The fraction of sp³-hybridized carbons (Fsp3) is 0.333. The number of pyridine rings is 1. The molecule has 0 saturated carbocycles. The molecule has 2 heterocycles. The minimum atomic E-state index is -0.265. The summed E-state index contributed by atoms with van der Waals surface area (Å²) in [6, 6.07) is 14.0. The Morgan fingerprint density at radius 1 is 1.11 bits per heavy atom. The van der Waals surface area contributed by atoms with Crippen molar-refractivity contribution in [2.24, 2.45) is 5.92 Å². The zero-order valence-electron chi connectivity index (χ0n) is 16.4. The minimum Gasteiger partial charge on any atom is -0.355 e. The molecule has 1 aromatic carbocycles. The summed E-state index contributed by atoms with van der Waals surface area (Å²) in [6.45, 7) is 7.34. The second kappa shape index (κ2) is 9.50. The van der Waals surface area contributed by atoms with Gasteiger partial charge in [0.15, 0.2) is 11.0 Å². The number of hydrogen-bond donors (Lipinski definition) is 1. The number of nitrogens with zero attached hydrogens (tertiary/aromatic N) is 4. The summed E-state index contributed by atoms with van der Waals surface area (Å²) in [6.07, 6.45) is 3.51. The van der Waals surface area contributed by atoms with Crippen LogP contribution >= 0.6 is 11.8 Å². The second-order valence-electron chi connectivity index (χ2n) is 7.02. The molecule has 0 bridgehead atoms. The van der Waals surface area contributed by atoms with E-state index in [4.69, 9.17) is 0 Å². The van der Waals surface area contributed by atoms with Gasteiger partial charge in [-0.2, -0.15) is 0 Å². The summed E-state index contributed by atoms with van der Waals surface area (Å²) in [5.41, 5.74) is 2.04. The summed E-state index contributed by atoms with van der Waals surface area (Å²) in [5.74, 6) is 1.17. The van der Waals surface area contributed by atoms with E-state index < -0.39 is 0 Å². The quantitative estimate of drug-likeness (QED) is 0.590. The zero-order chi connectivity index (χ0) is 19.9. The molecule has 0 aliphatic heterocycles. The summed E-state index contributed by atoms with van der Waals surface area (Å²) < 4.78 is 2.04. The maximum Gasteiger partial charge on any atom is 0.233 e. The van der Waals surface area contributed by atoms with Crippen LogP contribution in [0.2, 0.25) is 0 Å². The lowest BCUT2D eigenvalue weighted by Crippen LogP contribution is -2.33. The van der Waals surface area contributed by atoms with Crippen molar-refractivity contribution in [1.82, 2.24) is 25.1 Å². The van der Waals surface area contributed by atoms with E-state index in [1.54, 1.807) is 12.4 Å². The van der Waals surface area contributed by atoms with E-state index in [1.807, 2.05) is 41.8 Å². The molecule has 6 nitrogen and oxygen atoms in total. The van der Waals surface area contributed by atoms with E-state index in [9.17, 15) is 4.79 Å². The predicted molar refractivity (Wildman–Crippen MR) is 112 cm³/mol. The fourth-order valence-corrected chi connectivity index (χ4v) is 3.53. The van der Waals surface area contributed by atoms with Gasteiger partial charge in [-0.1, -0.05) is 55.9 Å². The molecule has 2 aromatic heterocycles. The van der Waals surface area contributed by atoms with Gasteiger partial charge in [-0.05, 0) is 30.5 Å². The Balaban J connectivity index is 1.86. The summed E-state index contributed by atoms with van der Waals surface area (Å²) in [7, 11) is 0. The number of hydrogen-bond acceptors (Lipinski definition) is 5. The van der Waals surface area contributed by atoms with Crippen molar-refractivity contribution in [2.45, 2.75) is 37.7 Å². The van der Waals surface area contributed by atoms with Crippen molar-refractivity contribution in [3.63, 3.8) is 0 Å². The normalized spacial score (nSPS) is 12.1. The average molecular weight is 396 g/mol. The van der Waals surface area contributed by atoms with E-state index in [0.29, 0.717) is 19.0 Å². The standard InChI is InChI=1S/C21H25N5OS/c1-15(2)12-23-20(27)16(3)28-21-25-24-19(18-10-7-11-22-13-18)26(21)14-17-8-5-4-6-9-17/h4-11,13,15-16H,12,14H2,1-3H3,(H,23,27)/t16-/m1/s1. The molecule has 1 amide bonds. The molecule has 0 fully saturated rings. The van der Waals surface area contributed by atoms with Crippen LogP contribution in [0.3, 0.4) is 0 Å². The number of aromatic nitrogens is 4. The number of rotatable bonds is 8. The first-order chi connectivity index (χ1) is 13.5. The van der Waals surface area contributed by atoms with Crippen LogP contribution in [0.5, 0.6) is 0 Å². The van der Waals surface area contributed by atoms with Crippen LogP contribution in [-0.2, 0) is 11.3 Å². The Hall–Kier alpha value is -2.67. The molecule has 7 heteroatoms. The fourth-order valence-electron chi connectivity index (χ4n) is 2.65. The van der Waals surface area contributed by atoms with Gasteiger partial charge in [0.1, 0.15) is 0 Å². The van der Waals surface area contributed by atoms with Gasteiger partial charge in [0.2, 0.25) is 5.91 Å². The molecule has 146 valence electrons. The molecule has 28 heavy (non-hydrogen) atoms. The maximum atomic E-state index is 12.4. The van der Waals surface area contributed by atoms with E-state index >= 15 is 0 Å². The third kappa shape index (κ3) is 5.19. The van der Waals surface area contributed by atoms with Crippen molar-refractivity contribution in [1.29, 1.82) is 0 Å². The van der Waals surface area contributed by atoms with Crippen molar-refractivity contribution >= 4 is 17.7 Å². The first-order valence-corrected chi connectivity index (χ1v) is 10.2. The molecular weight excluding hydrogens is 370 g/mol. The van der Waals surface area contributed by atoms with Crippen molar-refractivity contribution in [3.05, 3.63) is 60.4 Å². The largest absolute Gasteiger partial charge is 0.355 e. The highest BCUT2D eigenvalue weighted by Gasteiger charge is 2.21.